The van der Waals surface area contributed by atoms with Crippen LogP contribution in [0.25, 0.3) is 5.57 Å². The van der Waals surface area contributed by atoms with Crippen molar-refractivity contribution in [2.45, 2.75) is 5.60 Å². The molecule has 5 heteroatoms. The van der Waals surface area contributed by atoms with Gasteiger partial charge in [0.05, 0.1) is 5.57 Å². The molecule has 2 aromatic rings. The van der Waals surface area contributed by atoms with Crippen LogP contribution in [0.4, 0.5) is 0 Å². The van der Waals surface area contributed by atoms with E-state index >= 15 is 0 Å². The average Bonchev–Trinajstić information content (AvgIpc) is 2.49. The smallest absolute Gasteiger partial charge is 0.289 e. The first-order chi connectivity index (χ1) is 10.1. The number of benzene rings is 2. The highest BCUT2D eigenvalue weighted by Crippen LogP contribution is 2.45. The molecule has 0 saturated heterocycles. The third-order valence-corrected chi connectivity index (χ3v) is 3.43. The third kappa shape index (κ3) is 1.95. The van der Waals surface area contributed by atoms with Gasteiger partial charge in [0.1, 0.15) is 11.5 Å². The maximum atomic E-state index is 11.5. The van der Waals surface area contributed by atoms with E-state index < -0.39 is 11.5 Å². The second-order valence-electron chi connectivity index (χ2n) is 4.71. The average molecular weight is 284 g/mol. The van der Waals surface area contributed by atoms with Crippen LogP contribution in [0.2, 0.25) is 0 Å². The van der Waals surface area contributed by atoms with Crippen molar-refractivity contribution in [3.63, 3.8) is 0 Å². The van der Waals surface area contributed by atoms with Gasteiger partial charge in [-0.15, -0.1) is 0 Å². The highest BCUT2D eigenvalue weighted by Gasteiger charge is 2.43. The van der Waals surface area contributed by atoms with E-state index in [1.54, 1.807) is 24.3 Å². The predicted molar refractivity (Wildman–Crippen MR) is 74.7 cm³/mol. The van der Waals surface area contributed by atoms with Crippen molar-refractivity contribution in [1.82, 2.24) is 0 Å². The van der Waals surface area contributed by atoms with Crippen molar-refractivity contribution in [3.05, 3.63) is 65.6 Å². The number of carbonyl (C=O) groups excluding carboxylic acids is 1. The quantitative estimate of drug-likeness (QED) is 0.735. The van der Waals surface area contributed by atoms with E-state index in [4.69, 9.17) is 4.74 Å². The number of fused-ring (bicyclic) bond motifs is 1. The number of ether oxygens (including phenoxy) is 1. The lowest BCUT2D eigenvalue weighted by Gasteiger charge is -2.31. The third-order valence-electron chi connectivity index (χ3n) is 3.43. The molecular formula is C16H12O5. The molecule has 1 atom stereocenters. The number of carbonyl (C=O) groups is 1. The van der Waals surface area contributed by atoms with E-state index in [0.717, 1.165) is 0 Å². The Hall–Kier alpha value is -2.79. The molecule has 1 unspecified atom stereocenters. The maximum absolute atomic E-state index is 11.5. The zero-order chi connectivity index (χ0) is 15.0. The summed E-state index contributed by atoms with van der Waals surface area (Å²) < 4.78 is 5.28. The van der Waals surface area contributed by atoms with E-state index in [2.05, 4.69) is 0 Å². The van der Waals surface area contributed by atoms with E-state index in [1.165, 1.54) is 24.3 Å². The summed E-state index contributed by atoms with van der Waals surface area (Å²) in [6, 6.07) is 12.2. The molecule has 0 aliphatic carbocycles. The summed E-state index contributed by atoms with van der Waals surface area (Å²) in [7, 11) is 0. The molecular weight excluding hydrogens is 272 g/mol. The Kier molecular flexibility index (Phi) is 2.92. The summed E-state index contributed by atoms with van der Waals surface area (Å²) in [6.45, 7) is 0. The number of rotatable bonds is 2. The monoisotopic (exact) mass is 284 g/mol. The van der Waals surface area contributed by atoms with Crippen LogP contribution in [0.5, 0.6) is 11.5 Å². The lowest BCUT2D eigenvalue weighted by molar-refractivity contribution is -0.120. The van der Waals surface area contributed by atoms with E-state index in [9.17, 15) is 20.1 Å². The fourth-order valence-corrected chi connectivity index (χ4v) is 2.42. The molecule has 3 N–H and O–H groups in total. The van der Waals surface area contributed by atoms with Crippen molar-refractivity contribution < 1.29 is 24.9 Å². The molecule has 0 amide bonds. The van der Waals surface area contributed by atoms with Gasteiger partial charge >= 0.3 is 0 Å². The molecule has 0 fully saturated rings. The zero-order valence-corrected chi connectivity index (χ0v) is 10.9. The van der Waals surface area contributed by atoms with Gasteiger partial charge in [-0.25, -0.2) is 0 Å². The molecule has 21 heavy (non-hydrogen) atoms. The van der Waals surface area contributed by atoms with Crippen molar-refractivity contribution in [2.24, 2.45) is 0 Å². The van der Waals surface area contributed by atoms with Crippen LogP contribution in [0.3, 0.4) is 0 Å². The highest BCUT2D eigenvalue weighted by atomic mass is 16.6. The summed E-state index contributed by atoms with van der Waals surface area (Å²) >= 11 is 0. The second kappa shape index (κ2) is 4.64. The van der Waals surface area contributed by atoms with Crippen LogP contribution in [0.15, 0.2) is 54.5 Å². The molecule has 1 aliphatic rings. The van der Waals surface area contributed by atoms with E-state index in [0.29, 0.717) is 11.8 Å². The van der Waals surface area contributed by atoms with Gasteiger partial charge in [-0.2, -0.15) is 0 Å². The summed E-state index contributed by atoms with van der Waals surface area (Å²) in [5.41, 5.74) is -1.46. The number of para-hydroxylation sites is 1. The van der Waals surface area contributed by atoms with E-state index in [1.807, 2.05) is 0 Å². The number of aliphatic hydroxyl groups excluding tert-OH is 1. The largest absolute Gasteiger partial charge is 0.508 e. The van der Waals surface area contributed by atoms with E-state index in [-0.39, 0.29) is 22.6 Å². The Morgan fingerprint density at radius 3 is 2.33 bits per heavy atom. The Morgan fingerprint density at radius 1 is 1.00 bits per heavy atom. The molecule has 0 saturated carbocycles. The lowest BCUT2D eigenvalue weighted by atomic mass is 9.82. The van der Waals surface area contributed by atoms with Crippen molar-refractivity contribution in [2.75, 3.05) is 0 Å². The summed E-state index contributed by atoms with van der Waals surface area (Å²) in [5.74, 6) is -0.299. The van der Waals surface area contributed by atoms with Crippen molar-refractivity contribution >= 4 is 11.9 Å². The normalized spacial score (nSPS) is 20.6. The number of hydrogen-bond donors (Lipinski definition) is 3. The van der Waals surface area contributed by atoms with Gasteiger partial charge in [0.2, 0.25) is 0 Å². The Bertz CT molecular complexity index is 733. The van der Waals surface area contributed by atoms with Crippen LogP contribution >= 0.6 is 0 Å². The van der Waals surface area contributed by atoms with Crippen molar-refractivity contribution in [1.29, 1.82) is 0 Å². The molecule has 0 aromatic heterocycles. The maximum Gasteiger partial charge on any atom is 0.289 e. The predicted octanol–water partition coefficient (Wildman–Crippen LogP) is 2.10. The number of hydrogen-bond acceptors (Lipinski definition) is 5. The van der Waals surface area contributed by atoms with Gasteiger partial charge < -0.3 is 20.1 Å². The van der Waals surface area contributed by atoms with Gasteiger partial charge in [-0.3, -0.25) is 4.79 Å². The van der Waals surface area contributed by atoms with Crippen LogP contribution in [-0.2, 0) is 10.4 Å². The Labute approximate surface area is 120 Å². The summed E-state index contributed by atoms with van der Waals surface area (Å²) in [4.78, 5) is 11.5. The van der Waals surface area contributed by atoms with Crippen LogP contribution < -0.4 is 4.74 Å². The van der Waals surface area contributed by atoms with Gasteiger partial charge in [-0.1, -0.05) is 30.3 Å². The van der Waals surface area contributed by atoms with Gasteiger partial charge in [0, 0.05) is 5.56 Å². The minimum Gasteiger partial charge on any atom is -0.508 e. The molecule has 0 bridgehead atoms. The summed E-state index contributed by atoms with van der Waals surface area (Å²) in [5, 5.41) is 30.2. The van der Waals surface area contributed by atoms with Gasteiger partial charge in [-0.05, 0) is 23.8 Å². The molecule has 0 radical (unpaired) electrons. The number of phenols is 1. The number of aromatic hydroxyl groups is 1. The Morgan fingerprint density at radius 2 is 1.67 bits per heavy atom. The first kappa shape index (κ1) is 13.2. The lowest BCUT2D eigenvalue weighted by Crippen LogP contribution is -2.34. The molecule has 1 heterocycles. The minimum absolute atomic E-state index is 0.0330. The fourth-order valence-electron chi connectivity index (χ4n) is 2.42. The molecule has 1 aliphatic heterocycles. The van der Waals surface area contributed by atoms with Gasteiger partial charge in [0.25, 0.3) is 5.95 Å². The topological polar surface area (TPSA) is 87.0 Å². The molecule has 0 spiro atoms. The standard InChI is InChI=1S/C16H12O5/c17-9-16(20)12-3-1-2-4-13(12)21-15(19)14(16)10-5-7-11(18)8-6-10/h1-9,18-20H. The zero-order valence-electron chi connectivity index (χ0n) is 10.9. The van der Waals surface area contributed by atoms with Crippen LogP contribution in [-0.4, -0.2) is 21.6 Å². The second-order valence-corrected chi connectivity index (χ2v) is 4.71. The highest BCUT2D eigenvalue weighted by molar-refractivity contribution is 5.92. The van der Waals surface area contributed by atoms with Crippen LogP contribution in [0.1, 0.15) is 11.1 Å². The minimum atomic E-state index is -2.02. The summed E-state index contributed by atoms with van der Waals surface area (Å²) in [6.07, 6.45) is 0.354. The van der Waals surface area contributed by atoms with Crippen molar-refractivity contribution in [3.8, 4) is 11.5 Å². The van der Waals surface area contributed by atoms with Gasteiger partial charge in [0.15, 0.2) is 11.9 Å². The SMILES string of the molecule is O=CC1(O)C(c2ccc(O)cc2)=C(O)Oc2ccccc21. The number of aldehydes is 1. The molecule has 3 rings (SSSR count). The number of phenolic OH excluding ortho intramolecular Hbond substituents is 1. The molecule has 2 aromatic carbocycles. The van der Waals surface area contributed by atoms with Crippen LogP contribution in [0, 0.1) is 0 Å². The molecule has 106 valence electrons. The first-order valence-corrected chi connectivity index (χ1v) is 6.25. The number of aliphatic hydroxyl groups is 2. The Balaban J connectivity index is 2.24. The molecule has 5 nitrogen and oxygen atoms in total. The fraction of sp³-hybridized carbons (Fsp3) is 0.0625. The first-order valence-electron chi connectivity index (χ1n) is 6.25.